The number of primary amides is 3. The lowest BCUT2D eigenvalue weighted by atomic mass is 9.99. The van der Waals surface area contributed by atoms with Crippen LogP contribution in [-0.4, -0.2) is 152 Å². The summed E-state index contributed by atoms with van der Waals surface area (Å²) in [6.45, 7) is 5.40. The normalized spacial score (nSPS) is 24.3. The summed E-state index contributed by atoms with van der Waals surface area (Å²) in [4.78, 5) is 163. The molecule has 26 heteroatoms. The van der Waals surface area contributed by atoms with Crippen LogP contribution >= 0.6 is 0 Å². The Balaban J connectivity index is 2.13. The zero-order valence-electron chi connectivity index (χ0n) is 44.1. The van der Waals surface area contributed by atoms with Gasteiger partial charge in [0, 0.05) is 19.4 Å². The van der Waals surface area contributed by atoms with Gasteiger partial charge in [0.25, 0.3) is 0 Å². The minimum Gasteiger partial charge on any atom is -0.508 e. The van der Waals surface area contributed by atoms with Crippen LogP contribution in [0.5, 0.6) is 5.75 Å². The lowest BCUT2D eigenvalue weighted by Crippen LogP contribution is -2.63. The van der Waals surface area contributed by atoms with Crippen LogP contribution in [0.1, 0.15) is 142 Å². The highest BCUT2D eigenvalue weighted by Crippen LogP contribution is 2.21. The summed E-state index contributed by atoms with van der Waals surface area (Å²) in [6.07, 6.45) is 3.25. The van der Waals surface area contributed by atoms with Crippen molar-refractivity contribution in [3.8, 4) is 5.75 Å². The molecule has 2 heterocycles. The van der Waals surface area contributed by atoms with E-state index >= 15 is 0 Å². The van der Waals surface area contributed by atoms with Gasteiger partial charge in [-0.2, -0.15) is 0 Å². The monoisotopic (exact) mass is 1090 g/mol. The average Bonchev–Trinajstić information content (AvgIpc) is 3.86. The first kappa shape index (κ1) is 63.9. The third kappa shape index (κ3) is 22.4. The van der Waals surface area contributed by atoms with Crippen molar-refractivity contribution in [2.45, 2.75) is 197 Å². The van der Waals surface area contributed by atoms with E-state index in [0.717, 1.165) is 63.2 Å². The fourth-order valence-corrected chi connectivity index (χ4v) is 8.99. The molecule has 0 bridgehead atoms. The van der Waals surface area contributed by atoms with Crippen molar-refractivity contribution in [1.29, 1.82) is 0 Å². The van der Waals surface area contributed by atoms with Crippen molar-refractivity contribution < 1.29 is 72.9 Å². The van der Waals surface area contributed by atoms with Crippen molar-refractivity contribution in [2.24, 2.45) is 23.1 Å². The zero-order chi connectivity index (χ0) is 57.4. The van der Waals surface area contributed by atoms with E-state index in [1.165, 1.54) is 24.3 Å². The Kier molecular flexibility index (Phi) is 26.8. The van der Waals surface area contributed by atoms with Crippen molar-refractivity contribution in [1.82, 2.24) is 42.1 Å². The molecule has 77 heavy (non-hydrogen) atoms. The SMILES string of the molecule is CCC(C)CCCCCCCCCCC1NC(=O)C(C(C)O)NC(=O)C(CC(N)=O)NC(=O)C2CCCN2C(=O)C(CCC(=O)O)NC(=O)C(CC(N)=O)NC(=O)C(Cc2ccc(O)cc2)NC(=O)C(CC(N)=O)NC1=O. The summed E-state index contributed by atoms with van der Waals surface area (Å²) in [7, 11) is 0. The molecule has 1 aromatic rings. The van der Waals surface area contributed by atoms with Gasteiger partial charge in [-0.25, -0.2) is 0 Å². The molecule has 2 aliphatic rings. The van der Waals surface area contributed by atoms with Crippen LogP contribution in [0, 0.1) is 5.92 Å². The number of benzene rings is 1. The second-order valence-corrected chi connectivity index (χ2v) is 20.0. The minimum atomic E-state index is -1.90. The van der Waals surface area contributed by atoms with E-state index in [2.05, 4.69) is 51.1 Å². The maximum atomic E-state index is 14.3. The first-order valence-corrected chi connectivity index (χ1v) is 26.4. The largest absolute Gasteiger partial charge is 0.508 e. The molecular formula is C51H79N11O15. The van der Waals surface area contributed by atoms with Crippen LogP contribution < -0.4 is 54.4 Å². The Bertz CT molecular complexity index is 2250. The van der Waals surface area contributed by atoms with Gasteiger partial charge in [0.15, 0.2) is 0 Å². The van der Waals surface area contributed by atoms with Crippen LogP contribution in [0.4, 0.5) is 0 Å². The topological polar surface area (TPSA) is 431 Å². The number of fused-ring (bicyclic) bond motifs is 1. The van der Waals surface area contributed by atoms with Crippen LogP contribution in [0.2, 0.25) is 0 Å². The second-order valence-electron chi connectivity index (χ2n) is 20.0. The smallest absolute Gasteiger partial charge is 0.303 e. The number of phenolic OH excluding ortho intramolecular Hbond substituents is 1. The summed E-state index contributed by atoms with van der Waals surface area (Å²) >= 11 is 0. The van der Waals surface area contributed by atoms with Gasteiger partial charge in [0.1, 0.15) is 54.1 Å². The maximum Gasteiger partial charge on any atom is 0.303 e. The molecule has 2 saturated heterocycles. The highest BCUT2D eigenvalue weighted by atomic mass is 16.4. The Morgan fingerprint density at radius 2 is 1.03 bits per heavy atom. The highest BCUT2D eigenvalue weighted by Gasteiger charge is 2.41. The van der Waals surface area contributed by atoms with E-state index in [1.54, 1.807) is 0 Å². The molecule has 1 aromatic carbocycles. The molecule has 0 aliphatic carbocycles. The maximum absolute atomic E-state index is 14.3. The van der Waals surface area contributed by atoms with E-state index in [1.807, 2.05) is 0 Å². The number of carboxylic acids is 1. The van der Waals surface area contributed by atoms with Crippen LogP contribution in [0.3, 0.4) is 0 Å². The number of aromatic hydroxyl groups is 1. The van der Waals surface area contributed by atoms with Crippen molar-refractivity contribution in [3.63, 3.8) is 0 Å². The summed E-state index contributed by atoms with van der Waals surface area (Å²) in [6, 6.07) is -8.41. The average molecular weight is 1090 g/mol. The quantitative estimate of drug-likeness (QED) is 0.0506. The molecule has 16 N–H and O–H groups in total. The molecule has 10 unspecified atom stereocenters. The number of aliphatic carboxylic acids is 1. The molecule has 0 radical (unpaired) electrons. The summed E-state index contributed by atoms with van der Waals surface area (Å²) in [5.74, 6) is -13.1. The highest BCUT2D eigenvalue weighted by molar-refractivity contribution is 6.01. The van der Waals surface area contributed by atoms with Gasteiger partial charge in [-0.1, -0.05) is 90.2 Å². The Labute approximate surface area is 447 Å². The van der Waals surface area contributed by atoms with Gasteiger partial charge in [-0.05, 0) is 56.2 Å². The van der Waals surface area contributed by atoms with Crippen LogP contribution in [0.25, 0.3) is 0 Å². The number of phenols is 1. The van der Waals surface area contributed by atoms with Gasteiger partial charge < -0.3 is 74.6 Å². The van der Waals surface area contributed by atoms with Crippen molar-refractivity contribution >= 4 is 70.9 Å². The molecule has 26 nitrogen and oxygen atoms in total. The third-order valence-electron chi connectivity index (χ3n) is 13.6. The number of aliphatic hydroxyl groups excluding tert-OH is 1. The number of amides is 11. The van der Waals surface area contributed by atoms with E-state index in [4.69, 9.17) is 17.2 Å². The second kappa shape index (κ2) is 32.3. The molecule has 3 rings (SSSR count). The molecular weight excluding hydrogens is 1010 g/mol. The lowest BCUT2D eigenvalue weighted by Gasteiger charge is -2.31. The Hall–Kier alpha value is -7.38. The Morgan fingerprint density at radius 1 is 0.584 bits per heavy atom. The summed E-state index contributed by atoms with van der Waals surface area (Å²) < 4.78 is 0. The van der Waals surface area contributed by atoms with Crippen LogP contribution in [-0.2, 0) is 64.0 Å². The standard InChI is InChI=1S/C51H79N11O15/c1-4-28(2)14-11-9-7-5-6-8-10-12-15-32-44(70)58-36(26-40(53)66)47(73)57-34(24-30-17-19-31(64)20-18-30)45(71)59-35(25-39(52)65)46(72)56-33(21-22-42(68)69)51(77)62-23-13-16-38(62)49(75)60-37(27-41(54)67)48(74)61-43(29(3)63)50(76)55-32/h17-20,28-29,32-38,43,63-64H,4-16,21-27H2,1-3H3,(H2,52,65)(H2,53,66)(H2,54,67)(H,55,76)(H,56,72)(H,57,73)(H,58,70)(H,59,71)(H,60,75)(H,61,74)(H,68,69). The number of nitrogens with one attached hydrogen (secondary N) is 7. The van der Waals surface area contributed by atoms with Gasteiger partial charge in [-0.3, -0.25) is 57.5 Å². The number of carboxylic acid groups (broad SMARTS) is 1. The minimum absolute atomic E-state index is 0.0302. The number of nitrogens with zero attached hydrogens (tertiary/aromatic N) is 1. The molecule has 10 atom stereocenters. The van der Waals surface area contributed by atoms with Gasteiger partial charge in [0.05, 0.1) is 25.4 Å². The molecule has 2 fully saturated rings. The first-order chi connectivity index (χ1) is 36.4. The molecule has 2 aliphatic heterocycles. The van der Waals surface area contributed by atoms with Crippen molar-refractivity contribution in [2.75, 3.05) is 6.54 Å². The van der Waals surface area contributed by atoms with E-state index in [0.29, 0.717) is 24.3 Å². The van der Waals surface area contributed by atoms with Crippen molar-refractivity contribution in [3.05, 3.63) is 29.8 Å². The number of hydrogen-bond donors (Lipinski definition) is 13. The summed E-state index contributed by atoms with van der Waals surface area (Å²) in [5.41, 5.74) is 16.8. The number of rotatable bonds is 24. The Morgan fingerprint density at radius 3 is 1.53 bits per heavy atom. The first-order valence-electron chi connectivity index (χ1n) is 26.4. The van der Waals surface area contributed by atoms with E-state index in [9.17, 15) is 72.9 Å². The zero-order valence-corrected chi connectivity index (χ0v) is 44.1. The fourth-order valence-electron chi connectivity index (χ4n) is 8.99. The predicted molar refractivity (Wildman–Crippen MR) is 276 cm³/mol. The number of nitrogens with two attached hydrogens (primary N) is 3. The van der Waals surface area contributed by atoms with E-state index in [-0.39, 0.29) is 38.0 Å². The molecule has 428 valence electrons. The molecule has 0 saturated carbocycles. The van der Waals surface area contributed by atoms with E-state index < -0.39 is 157 Å². The number of hydrogen-bond acceptors (Lipinski definition) is 14. The number of aliphatic hydroxyl groups is 1. The van der Waals surface area contributed by atoms with Gasteiger partial charge in [-0.15, -0.1) is 0 Å². The van der Waals surface area contributed by atoms with Gasteiger partial charge in [0.2, 0.25) is 65.0 Å². The molecule has 0 aromatic heterocycles. The third-order valence-corrected chi connectivity index (χ3v) is 13.6. The number of carbonyl (C=O) groups is 12. The summed E-state index contributed by atoms with van der Waals surface area (Å²) in [5, 5.41) is 47.1. The predicted octanol–water partition coefficient (Wildman–Crippen LogP) is -1.85. The lowest BCUT2D eigenvalue weighted by molar-refractivity contribution is -0.144. The number of carbonyl (C=O) groups excluding carboxylic acids is 11. The molecule has 0 spiro atoms. The van der Waals surface area contributed by atoms with Crippen LogP contribution in [0.15, 0.2) is 24.3 Å². The number of unbranched alkanes of at least 4 members (excludes halogenated alkanes) is 7. The van der Waals surface area contributed by atoms with Gasteiger partial charge >= 0.3 is 5.97 Å². The fraction of sp³-hybridized carbons (Fsp3) is 0.647. The molecule has 11 amide bonds.